The molecule has 0 bridgehead atoms. The molecule has 0 atom stereocenters. The van der Waals surface area contributed by atoms with Crippen LogP contribution in [-0.2, 0) is 4.74 Å². The van der Waals surface area contributed by atoms with Gasteiger partial charge in [-0.3, -0.25) is 0 Å². The van der Waals surface area contributed by atoms with E-state index in [1.165, 1.54) is 22.3 Å². The van der Waals surface area contributed by atoms with Crippen LogP contribution in [0.25, 0.3) is 11.1 Å². The van der Waals surface area contributed by atoms with Gasteiger partial charge in [-0.25, -0.2) is 0 Å². The van der Waals surface area contributed by atoms with E-state index in [1.807, 2.05) is 0 Å². The second-order valence-electron chi connectivity index (χ2n) is 4.23. The number of aliphatic hydroxyl groups is 1. The third-order valence-corrected chi connectivity index (χ3v) is 3.34. The molecule has 0 unspecified atom stereocenters. The predicted octanol–water partition coefficient (Wildman–Crippen LogP) is 2.77. The quantitative estimate of drug-likeness (QED) is 0.815. The maximum absolute atomic E-state index is 8.80. The lowest BCUT2D eigenvalue weighted by Gasteiger charge is -2.12. The van der Waals surface area contributed by atoms with Crippen LogP contribution < -0.4 is 0 Å². The first kappa shape index (κ1) is 10.5. The van der Waals surface area contributed by atoms with Gasteiger partial charge < -0.3 is 9.84 Å². The Hall–Kier alpha value is -1.64. The van der Waals surface area contributed by atoms with Crippen LogP contribution in [-0.4, -0.2) is 18.5 Å². The molecule has 17 heavy (non-hydrogen) atoms. The molecule has 1 aliphatic rings. The molecule has 0 spiro atoms. The molecule has 0 saturated carbocycles. The van der Waals surface area contributed by atoms with Gasteiger partial charge in [0.15, 0.2) is 0 Å². The monoisotopic (exact) mass is 226 g/mol. The number of fused-ring (bicyclic) bond motifs is 3. The fraction of sp³-hybridized carbons (Fsp3) is 0.200. The number of hydrogen-bond donors (Lipinski definition) is 1. The maximum Gasteiger partial charge on any atom is 0.143 e. The molecule has 2 heteroatoms. The summed E-state index contributed by atoms with van der Waals surface area (Å²) in [6, 6.07) is 16.8. The van der Waals surface area contributed by atoms with Gasteiger partial charge in [-0.1, -0.05) is 48.5 Å². The van der Waals surface area contributed by atoms with Crippen LogP contribution in [0.2, 0.25) is 0 Å². The van der Waals surface area contributed by atoms with Crippen LogP contribution in [0.5, 0.6) is 0 Å². The first-order valence-corrected chi connectivity index (χ1v) is 5.78. The van der Waals surface area contributed by atoms with E-state index in [4.69, 9.17) is 9.84 Å². The smallest absolute Gasteiger partial charge is 0.143 e. The molecular weight excluding hydrogens is 212 g/mol. The van der Waals surface area contributed by atoms with Crippen molar-refractivity contribution >= 4 is 0 Å². The summed E-state index contributed by atoms with van der Waals surface area (Å²) in [5.74, 6) is 0.245. The molecule has 0 amide bonds. The number of aliphatic hydroxyl groups excluding tert-OH is 1. The Balaban J connectivity index is 2.10. The van der Waals surface area contributed by atoms with Crippen LogP contribution in [0.15, 0.2) is 48.5 Å². The van der Waals surface area contributed by atoms with Gasteiger partial charge in [-0.15, -0.1) is 0 Å². The molecule has 0 aliphatic heterocycles. The summed E-state index contributed by atoms with van der Waals surface area (Å²) in [6.07, 6.45) is 0. The Labute approximate surface area is 100 Å². The summed E-state index contributed by atoms with van der Waals surface area (Å²) < 4.78 is 5.19. The van der Waals surface area contributed by atoms with Gasteiger partial charge in [0.25, 0.3) is 0 Å². The lowest BCUT2D eigenvalue weighted by molar-refractivity contribution is -0.00409. The second kappa shape index (κ2) is 4.32. The van der Waals surface area contributed by atoms with Crippen LogP contribution in [0.3, 0.4) is 0 Å². The third-order valence-electron chi connectivity index (χ3n) is 3.34. The van der Waals surface area contributed by atoms with E-state index in [9.17, 15) is 0 Å². The average molecular weight is 226 g/mol. The SMILES string of the molecule is OCOCC1c2ccccc2-c2ccccc21. The van der Waals surface area contributed by atoms with Crippen molar-refractivity contribution in [2.75, 3.05) is 13.4 Å². The van der Waals surface area contributed by atoms with E-state index < -0.39 is 0 Å². The number of benzene rings is 2. The maximum atomic E-state index is 8.80. The van der Waals surface area contributed by atoms with E-state index in [2.05, 4.69) is 48.5 Å². The summed E-state index contributed by atoms with van der Waals surface area (Å²) >= 11 is 0. The van der Waals surface area contributed by atoms with Gasteiger partial charge in [0, 0.05) is 5.92 Å². The van der Waals surface area contributed by atoms with Crippen molar-refractivity contribution in [1.29, 1.82) is 0 Å². The summed E-state index contributed by atoms with van der Waals surface area (Å²) in [5, 5.41) is 8.80. The zero-order valence-electron chi connectivity index (χ0n) is 9.47. The molecule has 1 N–H and O–H groups in total. The number of ether oxygens (including phenoxy) is 1. The lowest BCUT2D eigenvalue weighted by Crippen LogP contribution is -2.07. The van der Waals surface area contributed by atoms with Crippen molar-refractivity contribution in [3.05, 3.63) is 59.7 Å². The van der Waals surface area contributed by atoms with Gasteiger partial charge in [0.05, 0.1) is 6.61 Å². The zero-order chi connectivity index (χ0) is 11.7. The molecule has 0 saturated heterocycles. The Kier molecular flexibility index (Phi) is 2.67. The second-order valence-corrected chi connectivity index (χ2v) is 4.23. The molecule has 2 aromatic carbocycles. The molecule has 0 radical (unpaired) electrons. The Morgan fingerprint density at radius 2 is 1.41 bits per heavy atom. The molecule has 86 valence electrons. The van der Waals surface area contributed by atoms with E-state index in [-0.39, 0.29) is 12.7 Å². The predicted molar refractivity (Wildman–Crippen MR) is 66.8 cm³/mol. The van der Waals surface area contributed by atoms with Crippen molar-refractivity contribution in [2.45, 2.75) is 5.92 Å². The molecular formula is C15H14O2. The first-order chi connectivity index (χ1) is 8.42. The fourth-order valence-electron chi connectivity index (χ4n) is 2.61. The van der Waals surface area contributed by atoms with Crippen molar-refractivity contribution in [3.63, 3.8) is 0 Å². The zero-order valence-corrected chi connectivity index (χ0v) is 9.47. The van der Waals surface area contributed by atoms with Crippen LogP contribution in [0.4, 0.5) is 0 Å². The highest BCUT2D eigenvalue weighted by atomic mass is 16.6. The lowest BCUT2D eigenvalue weighted by atomic mass is 9.98. The number of hydrogen-bond acceptors (Lipinski definition) is 2. The van der Waals surface area contributed by atoms with E-state index >= 15 is 0 Å². The van der Waals surface area contributed by atoms with Crippen LogP contribution in [0.1, 0.15) is 17.0 Å². The van der Waals surface area contributed by atoms with Gasteiger partial charge in [0.2, 0.25) is 0 Å². The molecule has 0 aromatic heterocycles. The minimum Gasteiger partial charge on any atom is -0.371 e. The summed E-state index contributed by atoms with van der Waals surface area (Å²) in [5.41, 5.74) is 5.16. The average Bonchev–Trinajstić information content (AvgIpc) is 2.71. The van der Waals surface area contributed by atoms with Crippen LogP contribution >= 0.6 is 0 Å². The normalized spacial score (nSPS) is 13.5. The Morgan fingerprint density at radius 1 is 0.882 bits per heavy atom. The van der Waals surface area contributed by atoms with Crippen molar-refractivity contribution in [2.24, 2.45) is 0 Å². The summed E-state index contributed by atoms with van der Waals surface area (Å²) in [7, 11) is 0. The standard InChI is InChI=1S/C15H14O2/c16-10-17-9-15-13-7-3-1-5-11(13)12-6-2-4-8-14(12)15/h1-8,15-16H,9-10H2. The molecule has 0 fully saturated rings. The largest absolute Gasteiger partial charge is 0.371 e. The third kappa shape index (κ3) is 1.66. The molecule has 2 nitrogen and oxygen atoms in total. The van der Waals surface area contributed by atoms with E-state index in [1.54, 1.807) is 0 Å². The molecule has 2 aromatic rings. The van der Waals surface area contributed by atoms with E-state index in [0.717, 1.165) is 0 Å². The first-order valence-electron chi connectivity index (χ1n) is 5.78. The van der Waals surface area contributed by atoms with Gasteiger partial charge >= 0.3 is 0 Å². The highest BCUT2D eigenvalue weighted by molar-refractivity contribution is 5.78. The topological polar surface area (TPSA) is 29.5 Å². The molecule has 0 heterocycles. The molecule has 1 aliphatic carbocycles. The number of rotatable bonds is 3. The van der Waals surface area contributed by atoms with Gasteiger partial charge in [-0.05, 0) is 22.3 Å². The van der Waals surface area contributed by atoms with E-state index in [0.29, 0.717) is 6.61 Å². The minimum atomic E-state index is -0.221. The van der Waals surface area contributed by atoms with Crippen LogP contribution in [0, 0.1) is 0 Å². The van der Waals surface area contributed by atoms with Crippen molar-refractivity contribution in [3.8, 4) is 11.1 Å². The van der Waals surface area contributed by atoms with Crippen molar-refractivity contribution in [1.82, 2.24) is 0 Å². The summed E-state index contributed by atoms with van der Waals surface area (Å²) in [6.45, 7) is 0.311. The highest BCUT2D eigenvalue weighted by Gasteiger charge is 2.27. The Bertz CT molecular complexity index is 488. The minimum absolute atomic E-state index is 0.221. The van der Waals surface area contributed by atoms with Crippen molar-refractivity contribution < 1.29 is 9.84 Å². The molecule has 3 rings (SSSR count). The van der Waals surface area contributed by atoms with Gasteiger partial charge in [-0.2, -0.15) is 0 Å². The van der Waals surface area contributed by atoms with Gasteiger partial charge in [0.1, 0.15) is 6.79 Å². The fourth-order valence-corrected chi connectivity index (χ4v) is 2.61. The summed E-state index contributed by atoms with van der Waals surface area (Å²) in [4.78, 5) is 0. The Morgan fingerprint density at radius 3 is 1.94 bits per heavy atom. The highest BCUT2D eigenvalue weighted by Crippen LogP contribution is 2.44.